The summed E-state index contributed by atoms with van der Waals surface area (Å²) < 4.78 is 0. The number of hydrogen-bond acceptors (Lipinski definition) is 1. The summed E-state index contributed by atoms with van der Waals surface area (Å²) in [7, 11) is 0. The van der Waals surface area contributed by atoms with Gasteiger partial charge in [0.2, 0.25) is 0 Å². The van der Waals surface area contributed by atoms with Crippen LogP contribution in [0, 0.1) is 0 Å². The first kappa shape index (κ1) is 16.1. The van der Waals surface area contributed by atoms with Crippen molar-refractivity contribution in [2.75, 3.05) is 0 Å². The second-order valence-electron chi connectivity index (χ2n) is 4.80. The van der Waals surface area contributed by atoms with Crippen LogP contribution in [0.2, 0.25) is 0 Å². The lowest BCUT2D eigenvalue weighted by molar-refractivity contribution is 0.553. The lowest BCUT2D eigenvalue weighted by Gasteiger charge is -2.07. The Labute approximate surface area is 108 Å². The monoisotopic (exact) mass is 242 g/mol. The summed E-state index contributed by atoms with van der Waals surface area (Å²) >= 11 is 4.52. The third-order valence-corrected chi connectivity index (χ3v) is 3.55. The molecule has 0 aromatic carbocycles. The Morgan fingerprint density at radius 3 is 1.94 bits per heavy atom. The standard InChI is InChI=1S/C15H30S/c1-3-5-6-7-8-9-10-11-12-14-15(16)13-4-2/h4,15-16H,2-3,5-14H2,1H3. The summed E-state index contributed by atoms with van der Waals surface area (Å²) in [6.45, 7) is 6.02. The molecule has 0 aromatic rings. The fourth-order valence-electron chi connectivity index (χ4n) is 2.00. The van der Waals surface area contributed by atoms with Gasteiger partial charge in [-0.1, -0.05) is 70.8 Å². The van der Waals surface area contributed by atoms with E-state index < -0.39 is 0 Å². The van der Waals surface area contributed by atoms with Crippen LogP contribution in [0.25, 0.3) is 0 Å². The Hall–Kier alpha value is 0.0900. The summed E-state index contributed by atoms with van der Waals surface area (Å²) in [5.41, 5.74) is 0. The van der Waals surface area contributed by atoms with Crippen LogP contribution in [0.4, 0.5) is 0 Å². The highest BCUT2D eigenvalue weighted by atomic mass is 32.1. The van der Waals surface area contributed by atoms with Crippen LogP contribution in [0.3, 0.4) is 0 Å². The summed E-state index contributed by atoms with van der Waals surface area (Å²) in [6, 6.07) is 0. The molecular formula is C15H30S. The lowest BCUT2D eigenvalue weighted by atomic mass is 10.1. The quantitative estimate of drug-likeness (QED) is 0.250. The fourth-order valence-corrected chi connectivity index (χ4v) is 2.33. The largest absolute Gasteiger partial charge is 0.176 e. The van der Waals surface area contributed by atoms with E-state index in [1.807, 2.05) is 6.08 Å². The van der Waals surface area contributed by atoms with Crippen molar-refractivity contribution < 1.29 is 0 Å². The van der Waals surface area contributed by atoms with Gasteiger partial charge in [0.15, 0.2) is 0 Å². The van der Waals surface area contributed by atoms with E-state index in [-0.39, 0.29) is 0 Å². The third-order valence-electron chi connectivity index (χ3n) is 3.08. The molecule has 0 nitrogen and oxygen atoms in total. The molecule has 0 spiro atoms. The van der Waals surface area contributed by atoms with Gasteiger partial charge in [-0.15, -0.1) is 6.58 Å². The summed E-state index contributed by atoms with van der Waals surface area (Å²) in [5.74, 6) is 0. The Morgan fingerprint density at radius 2 is 1.44 bits per heavy atom. The summed E-state index contributed by atoms with van der Waals surface area (Å²) in [6.07, 6.45) is 17.0. The lowest BCUT2D eigenvalue weighted by Crippen LogP contribution is -1.96. The molecule has 0 saturated carbocycles. The molecule has 96 valence electrons. The van der Waals surface area contributed by atoms with E-state index in [2.05, 4.69) is 26.1 Å². The number of rotatable bonds is 12. The van der Waals surface area contributed by atoms with Crippen molar-refractivity contribution in [3.63, 3.8) is 0 Å². The van der Waals surface area contributed by atoms with Gasteiger partial charge in [-0.3, -0.25) is 0 Å². The molecule has 0 aliphatic carbocycles. The van der Waals surface area contributed by atoms with Crippen molar-refractivity contribution in [2.45, 2.75) is 82.8 Å². The highest BCUT2D eigenvalue weighted by Crippen LogP contribution is 2.14. The van der Waals surface area contributed by atoms with Gasteiger partial charge in [-0.05, 0) is 12.8 Å². The van der Waals surface area contributed by atoms with Crippen LogP contribution < -0.4 is 0 Å². The average molecular weight is 242 g/mol. The predicted octanol–water partition coefficient (Wildman–Crippen LogP) is 5.78. The normalized spacial score (nSPS) is 12.6. The van der Waals surface area contributed by atoms with Crippen LogP contribution in [-0.4, -0.2) is 5.25 Å². The van der Waals surface area contributed by atoms with Crippen molar-refractivity contribution in [3.05, 3.63) is 12.7 Å². The van der Waals surface area contributed by atoms with Crippen LogP contribution in [0.1, 0.15) is 77.6 Å². The summed E-state index contributed by atoms with van der Waals surface area (Å²) in [5, 5.41) is 0.544. The molecule has 0 rings (SSSR count). The molecule has 0 fully saturated rings. The SMILES string of the molecule is C=CCC(S)CCCCCCCCCCC. The van der Waals surface area contributed by atoms with E-state index in [0.717, 1.165) is 6.42 Å². The number of hydrogen-bond donors (Lipinski definition) is 1. The van der Waals surface area contributed by atoms with Gasteiger partial charge in [0.05, 0.1) is 0 Å². The molecule has 16 heavy (non-hydrogen) atoms. The molecule has 1 atom stereocenters. The van der Waals surface area contributed by atoms with Gasteiger partial charge in [0, 0.05) is 5.25 Å². The van der Waals surface area contributed by atoms with Gasteiger partial charge in [0.1, 0.15) is 0 Å². The third kappa shape index (κ3) is 12.2. The first-order chi connectivity index (χ1) is 7.81. The maximum absolute atomic E-state index is 4.52. The highest BCUT2D eigenvalue weighted by molar-refractivity contribution is 7.80. The summed E-state index contributed by atoms with van der Waals surface area (Å²) in [4.78, 5) is 0. The van der Waals surface area contributed by atoms with Crippen molar-refractivity contribution in [2.24, 2.45) is 0 Å². The maximum atomic E-state index is 4.52. The van der Waals surface area contributed by atoms with E-state index in [4.69, 9.17) is 0 Å². The zero-order valence-corrected chi connectivity index (χ0v) is 12.0. The van der Waals surface area contributed by atoms with Crippen molar-refractivity contribution >= 4 is 12.6 Å². The molecular weight excluding hydrogens is 212 g/mol. The molecule has 0 N–H and O–H groups in total. The molecule has 0 aromatic heterocycles. The number of allylic oxidation sites excluding steroid dienone is 1. The molecule has 1 unspecified atom stereocenters. The van der Waals surface area contributed by atoms with Crippen molar-refractivity contribution in [3.8, 4) is 0 Å². The van der Waals surface area contributed by atoms with Gasteiger partial charge in [-0.25, -0.2) is 0 Å². The molecule has 0 amide bonds. The molecule has 0 aliphatic rings. The van der Waals surface area contributed by atoms with E-state index in [1.165, 1.54) is 64.2 Å². The molecule has 0 heterocycles. The van der Waals surface area contributed by atoms with Crippen LogP contribution in [-0.2, 0) is 0 Å². The smallest absolute Gasteiger partial charge is 0.00512 e. The molecule has 0 bridgehead atoms. The average Bonchev–Trinajstić information content (AvgIpc) is 2.27. The van der Waals surface area contributed by atoms with E-state index >= 15 is 0 Å². The second-order valence-corrected chi connectivity index (χ2v) is 5.53. The number of unbranched alkanes of at least 4 members (excludes halogenated alkanes) is 8. The Kier molecular flexibility index (Phi) is 13.2. The number of thiol groups is 1. The van der Waals surface area contributed by atoms with Gasteiger partial charge in [-0.2, -0.15) is 12.6 Å². The first-order valence-electron chi connectivity index (χ1n) is 7.10. The topological polar surface area (TPSA) is 0 Å². The van der Waals surface area contributed by atoms with Gasteiger partial charge < -0.3 is 0 Å². The minimum Gasteiger partial charge on any atom is -0.176 e. The zero-order valence-electron chi connectivity index (χ0n) is 11.1. The highest BCUT2D eigenvalue weighted by Gasteiger charge is 1.99. The van der Waals surface area contributed by atoms with Crippen LogP contribution in [0.5, 0.6) is 0 Å². The molecule has 0 radical (unpaired) electrons. The van der Waals surface area contributed by atoms with Crippen molar-refractivity contribution in [1.29, 1.82) is 0 Å². The Bertz CT molecular complexity index is 142. The maximum Gasteiger partial charge on any atom is 0.00512 e. The van der Waals surface area contributed by atoms with E-state index in [9.17, 15) is 0 Å². The second kappa shape index (κ2) is 13.2. The minimum absolute atomic E-state index is 0.544. The minimum atomic E-state index is 0.544. The Balaban J connectivity index is 3.00. The molecule has 0 aliphatic heterocycles. The predicted molar refractivity (Wildman–Crippen MR) is 79.4 cm³/mol. The van der Waals surface area contributed by atoms with Gasteiger partial charge >= 0.3 is 0 Å². The Morgan fingerprint density at radius 1 is 0.938 bits per heavy atom. The van der Waals surface area contributed by atoms with Crippen LogP contribution in [0.15, 0.2) is 12.7 Å². The van der Waals surface area contributed by atoms with Crippen molar-refractivity contribution in [1.82, 2.24) is 0 Å². The molecule has 1 heteroatoms. The van der Waals surface area contributed by atoms with E-state index in [0.29, 0.717) is 5.25 Å². The fraction of sp³-hybridized carbons (Fsp3) is 0.867. The van der Waals surface area contributed by atoms with Gasteiger partial charge in [0.25, 0.3) is 0 Å². The first-order valence-corrected chi connectivity index (χ1v) is 7.61. The zero-order chi connectivity index (χ0) is 12.1. The molecule has 0 saturated heterocycles. The van der Waals surface area contributed by atoms with E-state index in [1.54, 1.807) is 0 Å². The van der Waals surface area contributed by atoms with Crippen LogP contribution >= 0.6 is 12.6 Å².